The molecule has 1 saturated carbocycles. The first-order chi connectivity index (χ1) is 15.1. The van der Waals surface area contributed by atoms with Crippen LogP contribution in [0.15, 0.2) is 54.6 Å². The van der Waals surface area contributed by atoms with Crippen molar-refractivity contribution in [1.82, 2.24) is 0 Å². The molecule has 5 nitrogen and oxygen atoms in total. The maximum Gasteiger partial charge on any atom is 0.333 e. The third-order valence-electron chi connectivity index (χ3n) is 5.53. The van der Waals surface area contributed by atoms with E-state index in [0.29, 0.717) is 23.0 Å². The Bertz CT molecular complexity index is 866. The second kappa shape index (κ2) is 11.6. The van der Waals surface area contributed by atoms with E-state index < -0.39 is 5.97 Å². The molecule has 0 aromatic heterocycles. The summed E-state index contributed by atoms with van der Waals surface area (Å²) >= 11 is 0. The number of carbonyl (C=O) groups excluding carboxylic acids is 1. The summed E-state index contributed by atoms with van der Waals surface area (Å²) in [5.74, 6) is 1.50. The summed E-state index contributed by atoms with van der Waals surface area (Å²) in [5.41, 5.74) is 3.76. The van der Waals surface area contributed by atoms with E-state index >= 15 is 0 Å². The molecule has 1 N–H and O–H groups in total. The Morgan fingerprint density at radius 3 is 2.42 bits per heavy atom. The average Bonchev–Trinajstić information content (AvgIpc) is 2.81. The summed E-state index contributed by atoms with van der Waals surface area (Å²) in [6.45, 7) is 5.69. The van der Waals surface area contributed by atoms with Gasteiger partial charge < -0.3 is 19.3 Å². The Balaban J connectivity index is 1.74. The SMILES string of the molecule is C=C(C)C(=O)OCCOc1cc(OCCO)ccc1-c1ccc(C2CCCCC2)cc1. The highest BCUT2D eigenvalue weighted by molar-refractivity contribution is 5.86. The standard InChI is InChI=1S/C26H32O5/c1-19(2)26(28)31-17-16-30-25-18-23(29-15-14-27)12-13-24(25)22-10-8-21(9-11-22)20-6-4-3-5-7-20/h8-13,18,20,27H,1,3-7,14-17H2,2H3. The monoisotopic (exact) mass is 424 g/mol. The van der Waals surface area contributed by atoms with Crippen LogP contribution in [0, 0.1) is 0 Å². The number of hydrogen-bond donors (Lipinski definition) is 1. The van der Waals surface area contributed by atoms with Crippen LogP contribution in [0.3, 0.4) is 0 Å². The number of benzene rings is 2. The second-order valence-electron chi connectivity index (χ2n) is 7.95. The van der Waals surface area contributed by atoms with Crippen molar-refractivity contribution in [3.05, 3.63) is 60.2 Å². The Morgan fingerprint density at radius 1 is 1.00 bits per heavy atom. The van der Waals surface area contributed by atoms with Crippen molar-refractivity contribution < 1.29 is 24.1 Å². The van der Waals surface area contributed by atoms with Crippen LogP contribution in [0.2, 0.25) is 0 Å². The molecule has 1 fully saturated rings. The first kappa shape index (κ1) is 22.9. The fourth-order valence-corrected chi connectivity index (χ4v) is 3.89. The molecule has 31 heavy (non-hydrogen) atoms. The van der Waals surface area contributed by atoms with Gasteiger partial charge in [-0.3, -0.25) is 0 Å². The highest BCUT2D eigenvalue weighted by Crippen LogP contribution is 2.36. The van der Waals surface area contributed by atoms with Gasteiger partial charge in [0.05, 0.1) is 6.61 Å². The topological polar surface area (TPSA) is 65.0 Å². The molecule has 0 bridgehead atoms. The molecule has 0 spiro atoms. The molecule has 0 radical (unpaired) electrons. The molecule has 0 atom stereocenters. The lowest BCUT2D eigenvalue weighted by Gasteiger charge is -2.22. The van der Waals surface area contributed by atoms with Crippen LogP contribution in [0.25, 0.3) is 11.1 Å². The third kappa shape index (κ3) is 6.59. The van der Waals surface area contributed by atoms with Gasteiger partial charge in [-0.25, -0.2) is 4.79 Å². The van der Waals surface area contributed by atoms with Crippen LogP contribution in [0.1, 0.15) is 50.5 Å². The van der Waals surface area contributed by atoms with E-state index in [2.05, 4.69) is 30.8 Å². The largest absolute Gasteiger partial charge is 0.491 e. The van der Waals surface area contributed by atoms with Crippen molar-refractivity contribution in [1.29, 1.82) is 0 Å². The number of rotatable bonds is 10. The maximum atomic E-state index is 11.6. The van der Waals surface area contributed by atoms with Gasteiger partial charge in [0.1, 0.15) is 31.3 Å². The van der Waals surface area contributed by atoms with Crippen LogP contribution in [0.5, 0.6) is 11.5 Å². The van der Waals surface area contributed by atoms with Crippen LogP contribution in [0.4, 0.5) is 0 Å². The van der Waals surface area contributed by atoms with E-state index in [0.717, 1.165) is 11.1 Å². The number of esters is 1. The minimum absolute atomic E-state index is 0.0581. The van der Waals surface area contributed by atoms with Gasteiger partial charge in [0.25, 0.3) is 0 Å². The van der Waals surface area contributed by atoms with Crippen molar-refractivity contribution in [2.45, 2.75) is 44.9 Å². The molecule has 0 amide bonds. The molecule has 0 unspecified atom stereocenters. The van der Waals surface area contributed by atoms with Gasteiger partial charge in [-0.05, 0) is 48.9 Å². The molecule has 2 aromatic rings. The van der Waals surface area contributed by atoms with Crippen LogP contribution in [-0.4, -0.2) is 37.5 Å². The van der Waals surface area contributed by atoms with E-state index in [9.17, 15) is 4.79 Å². The van der Waals surface area contributed by atoms with Crippen molar-refractivity contribution in [2.75, 3.05) is 26.4 Å². The number of ether oxygens (including phenoxy) is 3. The van der Waals surface area contributed by atoms with Gasteiger partial charge in [0, 0.05) is 17.2 Å². The average molecular weight is 425 g/mol. The number of carbonyl (C=O) groups is 1. The van der Waals surface area contributed by atoms with Gasteiger partial charge in [-0.1, -0.05) is 50.1 Å². The molecular formula is C26H32O5. The minimum Gasteiger partial charge on any atom is -0.491 e. The Kier molecular flexibility index (Phi) is 8.53. The van der Waals surface area contributed by atoms with E-state index in [-0.39, 0.29) is 26.4 Å². The zero-order valence-electron chi connectivity index (χ0n) is 18.3. The van der Waals surface area contributed by atoms with Gasteiger partial charge in [0.2, 0.25) is 0 Å². The van der Waals surface area contributed by atoms with Gasteiger partial charge in [-0.15, -0.1) is 0 Å². The molecular weight excluding hydrogens is 392 g/mol. The highest BCUT2D eigenvalue weighted by Gasteiger charge is 2.16. The quantitative estimate of drug-likeness (QED) is 0.320. The van der Waals surface area contributed by atoms with Crippen molar-refractivity contribution >= 4 is 5.97 Å². The second-order valence-corrected chi connectivity index (χ2v) is 7.95. The molecule has 1 aliphatic rings. The van der Waals surface area contributed by atoms with Gasteiger partial charge in [-0.2, -0.15) is 0 Å². The lowest BCUT2D eigenvalue weighted by Crippen LogP contribution is -2.12. The smallest absolute Gasteiger partial charge is 0.333 e. The van der Waals surface area contributed by atoms with E-state index in [1.165, 1.54) is 37.7 Å². The summed E-state index contributed by atoms with van der Waals surface area (Å²) < 4.78 is 16.6. The zero-order chi connectivity index (χ0) is 22.1. The van der Waals surface area contributed by atoms with E-state index in [1.54, 1.807) is 13.0 Å². The molecule has 1 aliphatic carbocycles. The summed E-state index contributed by atoms with van der Waals surface area (Å²) in [7, 11) is 0. The molecule has 5 heteroatoms. The molecule has 0 saturated heterocycles. The fraction of sp³-hybridized carbons (Fsp3) is 0.423. The summed E-state index contributed by atoms with van der Waals surface area (Å²) in [5, 5.41) is 9.02. The molecule has 166 valence electrons. The van der Waals surface area contributed by atoms with Gasteiger partial charge >= 0.3 is 5.97 Å². The number of aliphatic hydroxyl groups is 1. The predicted molar refractivity (Wildman–Crippen MR) is 122 cm³/mol. The lowest BCUT2D eigenvalue weighted by molar-refractivity contribution is -0.139. The van der Waals surface area contributed by atoms with E-state index in [1.807, 2.05) is 12.1 Å². The normalized spacial score (nSPS) is 14.1. The highest BCUT2D eigenvalue weighted by atomic mass is 16.6. The third-order valence-corrected chi connectivity index (χ3v) is 5.53. The van der Waals surface area contributed by atoms with Gasteiger partial charge in [0.15, 0.2) is 0 Å². The summed E-state index contributed by atoms with van der Waals surface area (Å²) in [6, 6.07) is 14.4. The summed E-state index contributed by atoms with van der Waals surface area (Å²) in [4.78, 5) is 11.6. The van der Waals surface area contributed by atoms with Crippen LogP contribution < -0.4 is 9.47 Å². The first-order valence-corrected chi connectivity index (χ1v) is 11.0. The molecule has 0 aliphatic heterocycles. The van der Waals surface area contributed by atoms with Crippen molar-refractivity contribution in [3.8, 4) is 22.6 Å². The molecule has 3 rings (SSSR count). The number of hydrogen-bond acceptors (Lipinski definition) is 5. The van der Waals surface area contributed by atoms with Crippen molar-refractivity contribution in [2.24, 2.45) is 0 Å². The predicted octanol–water partition coefficient (Wildman–Crippen LogP) is 5.27. The Labute approximate surface area is 184 Å². The Morgan fingerprint density at radius 2 is 1.74 bits per heavy atom. The van der Waals surface area contributed by atoms with Crippen molar-refractivity contribution in [3.63, 3.8) is 0 Å². The van der Waals surface area contributed by atoms with Crippen LogP contribution in [-0.2, 0) is 9.53 Å². The maximum absolute atomic E-state index is 11.6. The van der Waals surface area contributed by atoms with Crippen LogP contribution >= 0.6 is 0 Å². The Hall–Kier alpha value is -2.79. The minimum atomic E-state index is -0.429. The fourth-order valence-electron chi connectivity index (χ4n) is 3.89. The lowest BCUT2D eigenvalue weighted by atomic mass is 9.83. The van der Waals surface area contributed by atoms with E-state index in [4.69, 9.17) is 19.3 Å². The molecule has 0 heterocycles. The summed E-state index contributed by atoms with van der Waals surface area (Å²) in [6.07, 6.45) is 6.52. The zero-order valence-corrected chi connectivity index (χ0v) is 18.3. The first-order valence-electron chi connectivity index (χ1n) is 11.0. The molecule has 2 aromatic carbocycles. The number of aliphatic hydroxyl groups excluding tert-OH is 1.